The van der Waals surface area contributed by atoms with Gasteiger partial charge in [-0.1, -0.05) is 26.7 Å². The Hall–Kier alpha value is -5.30. The van der Waals surface area contributed by atoms with E-state index in [0.717, 1.165) is 62.5 Å². The molecule has 328 valence electrons. The fourth-order valence-corrected chi connectivity index (χ4v) is 13.0. The summed E-state index contributed by atoms with van der Waals surface area (Å²) in [5, 5.41) is 10.2. The number of nitrogens with one attached hydrogen (secondary N) is 2. The van der Waals surface area contributed by atoms with Gasteiger partial charge in [-0.25, -0.2) is 26.8 Å². The van der Waals surface area contributed by atoms with E-state index in [4.69, 9.17) is 4.74 Å². The number of hydrogen-bond acceptors (Lipinski definition) is 11. The van der Waals surface area contributed by atoms with E-state index in [1.807, 2.05) is 73.1 Å². The zero-order chi connectivity index (χ0) is 44.1. The lowest BCUT2D eigenvalue weighted by Gasteiger charge is -2.34. The molecule has 0 radical (unpaired) electrons. The van der Waals surface area contributed by atoms with Gasteiger partial charge in [-0.15, -0.1) is 22.7 Å². The number of ether oxygens (including phenoxy) is 1. The first-order chi connectivity index (χ1) is 30.4. The van der Waals surface area contributed by atoms with Gasteiger partial charge in [-0.2, -0.15) is 8.61 Å². The van der Waals surface area contributed by atoms with Crippen molar-refractivity contribution in [3.8, 4) is 34.0 Å². The standard InChI is InChI=1S/C46H48N6O7S4/c1-3-35-9-5-7-27-51(35)62(55,56)39-23-15-33(16-24-39)43(53)49-45-47-41(29-60-45)31-11-19-37(20-12-31)59-38-21-13-32(14-22-38)42-30-61-46(48-42)50-44(54)34-17-25-40(26-18-34)63(57,58)52-28-8-6-10-36(52)4-2/h11-26,29-30,35-36H,3-10,27-28H2,1-2H3,(H,47,49,53)(H,48,50,54). The molecule has 2 unspecified atom stereocenters. The van der Waals surface area contributed by atoms with E-state index in [0.29, 0.717) is 57.4 Å². The number of aromatic nitrogens is 2. The molecular weight excluding hydrogens is 877 g/mol. The van der Waals surface area contributed by atoms with Crippen molar-refractivity contribution in [3.05, 3.63) is 119 Å². The molecule has 2 aliphatic heterocycles. The van der Waals surface area contributed by atoms with Crippen molar-refractivity contribution in [3.63, 3.8) is 0 Å². The summed E-state index contributed by atoms with van der Waals surface area (Å²) in [4.78, 5) is 35.7. The van der Waals surface area contributed by atoms with Gasteiger partial charge in [0.1, 0.15) is 11.5 Å². The van der Waals surface area contributed by atoms with Crippen LogP contribution in [0.15, 0.2) is 118 Å². The highest BCUT2D eigenvalue weighted by atomic mass is 32.2. The third-order valence-electron chi connectivity index (χ3n) is 11.5. The van der Waals surface area contributed by atoms with E-state index in [1.165, 1.54) is 71.2 Å². The fourth-order valence-electron chi connectivity index (χ4n) is 8.01. The van der Waals surface area contributed by atoms with Crippen LogP contribution in [0.4, 0.5) is 10.3 Å². The highest BCUT2D eigenvalue weighted by molar-refractivity contribution is 7.89. The van der Waals surface area contributed by atoms with Gasteiger partial charge in [0.2, 0.25) is 20.0 Å². The van der Waals surface area contributed by atoms with E-state index in [-0.39, 0.29) is 33.7 Å². The lowest BCUT2D eigenvalue weighted by atomic mass is 10.0. The summed E-state index contributed by atoms with van der Waals surface area (Å²) in [6.45, 7) is 5.04. The molecule has 4 heterocycles. The van der Waals surface area contributed by atoms with Crippen LogP contribution < -0.4 is 15.4 Å². The zero-order valence-corrected chi connectivity index (χ0v) is 38.2. The monoisotopic (exact) mass is 924 g/mol. The van der Waals surface area contributed by atoms with Crippen LogP contribution in [0.25, 0.3) is 22.5 Å². The summed E-state index contributed by atoms with van der Waals surface area (Å²) in [5.74, 6) is 0.473. The molecule has 0 aliphatic carbocycles. The van der Waals surface area contributed by atoms with Gasteiger partial charge in [0.15, 0.2) is 10.3 Å². The number of benzene rings is 4. The highest BCUT2D eigenvalue weighted by Crippen LogP contribution is 2.33. The van der Waals surface area contributed by atoms with Gasteiger partial charge in [0, 0.05) is 58.2 Å². The van der Waals surface area contributed by atoms with Crippen molar-refractivity contribution in [1.82, 2.24) is 18.6 Å². The lowest BCUT2D eigenvalue weighted by molar-refractivity contribution is 0.101. The number of carbonyl (C=O) groups excluding carboxylic acids is 2. The Kier molecular flexibility index (Phi) is 13.5. The number of nitrogens with zero attached hydrogens (tertiary/aromatic N) is 4. The van der Waals surface area contributed by atoms with Gasteiger partial charge in [0.25, 0.3) is 11.8 Å². The summed E-state index contributed by atoms with van der Waals surface area (Å²) < 4.78 is 62.7. The Balaban J connectivity index is 0.827. The fraction of sp³-hybridized carbons (Fsp3) is 0.304. The Morgan fingerprint density at radius 1 is 0.587 bits per heavy atom. The molecule has 13 nitrogen and oxygen atoms in total. The number of hydrogen-bond donors (Lipinski definition) is 2. The number of sulfonamides is 2. The molecule has 0 spiro atoms. The Morgan fingerprint density at radius 3 is 1.33 bits per heavy atom. The van der Waals surface area contributed by atoms with Crippen molar-refractivity contribution in [2.45, 2.75) is 87.1 Å². The van der Waals surface area contributed by atoms with E-state index < -0.39 is 20.0 Å². The molecule has 4 aromatic carbocycles. The predicted octanol–water partition coefficient (Wildman–Crippen LogP) is 10.1. The minimum absolute atomic E-state index is 0.00165. The van der Waals surface area contributed by atoms with Crippen molar-refractivity contribution in [2.75, 3.05) is 23.7 Å². The first-order valence-corrected chi connectivity index (χ1v) is 25.7. The predicted molar refractivity (Wildman–Crippen MR) is 248 cm³/mol. The molecule has 2 saturated heterocycles. The highest BCUT2D eigenvalue weighted by Gasteiger charge is 2.34. The molecule has 8 rings (SSSR count). The molecule has 2 atom stereocenters. The second-order valence-electron chi connectivity index (χ2n) is 15.5. The minimum Gasteiger partial charge on any atom is -0.457 e. The quantitative estimate of drug-likeness (QED) is 0.108. The Bertz CT molecular complexity index is 2580. The minimum atomic E-state index is -3.64. The van der Waals surface area contributed by atoms with E-state index >= 15 is 0 Å². The molecule has 17 heteroatoms. The maximum Gasteiger partial charge on any atom is 0.257 e. The molecule has 2 amide bonds. The van der Waals surface area contributed by atoms with Crippen LogP contribution in [0.1, 0.15) is 85.9 Å². The third-order valence-corrected chi connectivity index (χ3v) is 17.0. The van der Waals surface area contributed by atoms with Crippen LogP contribution >= 0.6 is 22.7 Å². The van der Waals surface area contributed by atoms with Crippen molar-refractivity contribution in [1.29, 1.82) is 0 Å². The van der Waals surface area contributed by atoms with Crippen LogP contribution in [0.2, 0.25) is 0 Å². The molecule has 63 heavy (non-hydrogen) atoms. The molecule has 0 bridgehead atoms. The van der Waals surface area contributed by atoms with Crippen molar-refractivity contribution >= 4 is 64.8 Å². The normalized spacial score (nSPS) is 17.6. The van der Waals surface area contributed by atoms with Crippen LogP contribution in [-0.2, 0) is 20.0 Å². The smallest absolute Gasteiger partial charge is 0.257 e. The average Bonchev–Trinajstić information content (AvgIpc) is 3.99. The topological polar surface area (TPSA) is 168 Å². The summed E-state index contributed by atoms with van der Waals surface area (Å²) in [7, 11) is -7.29. The average molecular weight is 925 g/mol. The Labute approximate surface area is 376 Å². The summed E-state index contributed by atoms with van der Waals surface area (Å²) in [6.07, 6.45) is 7.01. The summed E-state index contributed by atoms with van der Waals surface area (Å²) >= 11 is 2.58. The second kappa shape index (κ2) is 19.2. The maximum atomic E-state index is 13.3. The van der Waals surface area contributed by atoms with Crippen LogP contribution in [0.3, 0.4) is 0 Å². The number of piperidine rings is 2. The number of anilines is 2. The SMILES string of the molecule is CCC1CCCCN1S(=O)(=O)c1ccc(C(=O)Nc2nc(-c3ccc(Oc4ccc(-c5csc(NC(=O)c6ccc(S(=O)(=O)N7CCCCC7CC)cc6)n5)cc4)cc3)cs2)cc1. The van der Waals surface area contributed by atoms with E-state index in [1.54, 1.807) is 8.61 Å². The van der Waals surface area contributed by atoms with Crippen LogP contribution in [-0.4, -0.2) is 72.4 Å². The van der Waals surface area contributed by atoms with Crippen molar-refractivity contribution in [2.24, 2.45) is 0 Å². The van der Waals surface area contributed by atoms with Gasteiger partial charge in [-0.05, 0) is 136 Å². The van der Waals surface area contributed by atoms with Gasteiger partial charge in [0.05, 0.1) is 21.2 Å². The van der Waals surface area contributed by atoms with Gasteiger partial charge >= 0.3 is 0 Å². The molecule has 2 aliphatic rings. The van der Waals surface area contributed by atoms with E-state index in [9.17, 15) is 26.4 Å². The largest absolute Gasteiger partial charge is 0.457 e. The van der Waals surface area contributed by atoms with Crippen molar-refractivity contribution < 1.29 is 31.2 Å². The third kappa shape index (κ3) is 9.93. The number of amides is 2. The van der Waals surface area contributed by atoms with Crippen LogP contribution in [0.5, 0.6) is 11.5 Å². The van der Waals surface area contributed by atoms with Gasteiger partial charge in [-0.3, -0.25) is 20.2 Å². The lowest BCUT2D eigenvalue weighted by Crippen LogP contribution is -2.43. The number of carbonyl (C=O) groups is 2. The first kappa shape index (κ1) is 44.3. The summed E-state index contributed by atoms with van der Waals surface area (Å²) in [6, 6.07) is 27.0. The zero-order valence-electron chi connectivity index (χ0n) is 34.9. The molecule has 2 fully saturated rings. The first-order valence-electron chi connectivity index (χ1n) is 21.1. The molecule has 6 aromatic rings. The number of rotatable bonds is 14. The number of thiazole rings is 2. The molecule has 0 saturated carbocycles. The Morgan fingerprint density at radius 2 is 0.968 bits per heavy atom. The second-order valence-corrected chi connectivity index (χ2v) is 21.0. The maximum absolute atomic E-state index is 13.3. The van der Waals surface area contributed by atoms with Gasteiger partial charge < -0.3 is 4.74 Å². The molecular formula is C46H48N6O7S4. The summed E-state index contributed by atoms with van der Waals surface area (Å²) in [5.41, 5.74) is 3.70. The molecule has 2 aromatic heterocycles. The van der Waals surface area contributed by atoms with Crippen LogP contribution in [0, 0.1) is 0 Å². The molecule has 2 N–H and O–H groups in total. The van der Waals surface area contributed by atoms with E-state index in [2.05, 4.69) is 20.6 Å².